The molecule has 1 fully saturated rings. The second kappa shape index (κ2) is 7.64. The molecule has 1 atom stereocenters. The van der Waals surface area contributed by atoms with Crippen LogP contribution in [-0.2, 0) is 16.0 Å². The predicted octanol–water partition coefficient (Wildman–Crippen LogP) is 1.86. The minimum atomic E-state index is -0.200. The van der Waals surface area contributed by atoms with Crippen molar-refractivity contribution in [3.8, 4) is 0 Å². The number of carbonyl (C=O) groups excluding carboxylic acids is 2. The number of hydrogen-bond donors (Lipinski definition) is 0. The molecular weight excluding hydrogens is 296 g/mol. The molecule has 6 heteroatoms. The Labute approximate surface area is 137 Å². The third-order valence-electron chi connectivity index (χ3n) is 4.38. The summed E-state index contributed by atoms with van der Waals surface area (Å²) in [6.07, 6.45) is 1.17. The third kappa shape index (κ3) is 4.13. The maximum absolute atomic E-state index is 12.7. The molecule has 0 radical (unpaired) electrons. The molecule has 0 N–H and O–H groups in total. The summed E-state index contributed by atoms with van der Waals surface area (Å²) < 4.78 is 10.3. The zero-order valence-corrected chi connectivity index (χ0v) is 14.4. The highest BCUT2D eigenvalue weighted by Gasteiger charge is 2.30. The van der Waals surface area contributed by atoms with Gasteiger partial charge in [0.1, 0.15) is 5.76 Å². The number of furan rings is 1. The molecule has 1 saturated heterocycles. The van der Waals surface area contributed by atoms with Crippen LogP contribution in [0.3, 0.4) is 0 Å². The number of nitrogens with zero attached hydrogens (tertiary/aromatic N) is 2. The number of methoxy groups -OCH3 is 1. The van der Waals surface area contributed by atoms with Crippen molar-refractivity contribution in [2.45, 2.75) is 39.7 Å². The van der Waals surface area contributed by atoms with Crippen molar-refractivity contribution in [1.29, 1.82) is 0 Å². The van der Waals surface area contributed by atoms with Crippen molar-refractivity contribution in [2.24, 2.45) is 0 Å². The second-order valence-corrected chi connectivity index (χ2v) is 6.04. The molecule has 0 aromatic carbocycles. The van der Waals surface area contributed by atoms with Gasteiger partial charge in [0, 0.05) is 38.6 Å². The molecule has 0 aliphatic carbocycles. The van der Waals surface area contributed by atoms with Gasteiger partial charge < -0.3 is 14.1 Å². The summed E-state index contributed by atoms with van der Waals surface area (Å²) in [5.41, 5.74) is 1.03. The van der Waals surface area contributed by atoms with Gasteiger partial charge in [0.05, 0.1) is 13.5 Å². The molecule has 1 unspecified atom stereocenters. The van der Waals surface area contributed by atoms with E-state index in [4.69, 9.17) is 4.42 Å². The largest absolute Gasteiger partial charge is 0.469 e. The number of esters is 1. The quantitative estimate of drug-likeness (QED) is 0.774. The third-order valence-corrected chi connectivity index (χ3v) is 4.38. The van der Waals surface area contributed by atoms with Crippen LogP contribution in [-0.4, -0.2) is 61.0 Å². The number of piperazine rings is 1. The minimum absolute atomic E-state index is 0.0482. The SMILES string of the molecule is CCc1oc(C(=O)N2CCN(CCC(=O)OC)CC2C)cc1C. The molecule has 1 aliphatic rings. The molecule has 2 heterocycles. The van der Waals surface area contributed by atoms with Gasteiger partial charge in [0.2, 0.25) is 0 Å². The molecule has 1 amide bonds. The van der Waals surface area contributed by atoms with Gasteiger partial charge in [0.15, 0.2) is 5.76 Å². The van der Waals surface area contributed by atoms with E-state index < -0.39 is 0 Å². The van der Waals surface area contributed by atoms with Gasteiger partial charge in [-0.05, 0) is 25.5 Å². The Hall–Kier alpha value is -1.82. The molecule has 1 aromatic rings. The van der Waals surface area contributed by atoms with Gasteiger partial charge in [-0.1, -0.05) is 6.92 Å². The van der Waals surface area contributed by atoms with E-state index in [1.807, 2.05) is 31.7 Å². The smallest absolute Gasteiger partial charge is 0.306 e. The molecule has 0 spiro atoms. The summed E-state index contributed by atoms with van der Waals surface area (Å²) in [5.74, 6) is 1.05. The highest BCUT2D eigenvalue weighted by Crippen LogP contribution is 2.19. The number of amides is 1. The number of rotatable bonds is 5. The van der Waals surface area contributed by atoms with E-state index >= 15 is 0 Å². The van der Waals surface area contributed by atoms with Crippen LogP contribution in [0, 0.1) is 6.92 Å². The average molecular weight is 322 g/mol. The molecule has 128 valence electrons. The van der Waals surface area contributed by atoms with Crippen LogP contribution in [0.15, 0.2) is 10.5 Å². The minimum Gasteiger partial charge on any atom is -0.469 e. The van der Waals surface area contributed by atoms with Gasteiger partial charge in [-0.25, -0.2) is 0 Å². The maximum Gasteiger partial charge on any atom is 0.306 e. The summed E-state index contributed by atoms with van der Waals surface area (Å²) in [4.78, 5) is 27.9. The van der Waals surface area contributed by atoms with Crippen molar-refractivity contribution in [3.05, 3.63) is 23.2 Å². The Morgan fingerprint density at radius 2 is 2.13 bits per heavy atom. The predicted molar refractivity (Wildman–Crippen MR) is 86.4 cm³/mol. The van der Waals surface area contributed by atoms with Gasteiger partial charge >= 0.3 is 5.97 Å². The fraction of sp³-hybridized carbons (Fsp3) is 0.647. The van der Waals surface area contributed by atoms with Crippen molar-refractivity contribution in [3.63, 3.8) is 0 Å². The van der Waals surface area contributed by atoms with Crippen molar-refractivity contribution in [2.75, 3.05) is 33.3 Å². The standard InChI is InChI=1S/C17H26N2O4/c1-5-14-12(2)10-15(23-14)17(21)19-9-8-18(11-13(19)3)7-6-16(20)22-4/h10,13H,5-9,11H2,1-4H3. The highest BCUT2D eigenvalue weighted by atomic mass is 16.5. The first-order valence-corrected chi connectivity index (χ1v) is 8.15. The van der Waals surface area contributed by atoms with Crippen LogP contribution in [0.4, 0.5) is 0 Å². The Morgan fingerprint density at radius 3 is 2.70 bits per heavy atom. The first kappa shape index (κ1) is 17.5. The monoisotopic (exact) mass is 322 g/mol. The van der Waals surface area contributed by atoms with E-state index in [-0.39, 0.29) is 17.9 Å². The summed E-state index contributed by atoms with van der Waals surface area (Å²) in [7, 11) is 1.40. The Bertz CT molecular complexity index is 567. The van der Waals surface area contributed by atoms with E-state index in [2.05, 4.69) is 9.64 Å². The first-order valence-electron chi connectivity index (χ1n) is 8.15. The molecule has 1 aromatic heterocycles. The molecule has 0 bridgehead atoms. The van der Waals surface area contributed by atoms with Gasteiger partial charge in [-0.15, -0.1) is 0 Å². The van der Waals surface area contributed by atoms with E-state index in [0.29, 0.717) is 25.3 Å². The van der Waals surface area contributed by atoms with Crippen LogP contribution in [0.1, 0.15) is 42.1 Å². The van der Waals surface area contributed by atoms with Gasteiger partial charge in [0.25, 0.3) is 5.91 Å². The summed E-state index contributed by atoms with van der Waals surface area (Å²) in [6.45, 7) is 8.83. The number of ether oxygens (including phenoxy) is 1. The topological polar surface area (TPSA) is 63.0 Å². The van der Waals surface area contributed by atoms with E-state index in [9.17, 15) is 9.59 Å². The average Bonchev–Trinajstić information content (AvgIpc) is 2.93. The summed E-state index contributed by atoms with van der Waals surface area (Å²) in [5, 5.41) is 0. The lowest BCUT2D eigenvalue weighted by Crippen LogP contribution is -2.54. The Kier molecular flexibility index (Phi) is 5.82. The number of aryl methyl sites for hydroxylation is 2. The molecule has 1 aliphatic heterocycles. The second-order valence-electron chi connectivity index (χ2n) is 6.04. The van der Waals surface area contributed by atoms with E-state index in [1.165, 1.54) is 7.11 Å². The summed E-state index contributed by atoms with van der Waals surface area (Å²) >= 11 is 0. The molecule has 6 nitrogen and oxygen atoms in total. The lowest BCUT2D eigenvalue weighted by molar-refractivity contribution is -0.141. The zero-order chi connectivity index (χ0) is 17.0. The van der Waals surface area contributed by atoms with Crippen LogP contribution < -0.4 is 0 Å². The Balaban J connectivity index is 1.94. The molecular formula is C17H26N2O4. The normalized spacial score (nSPS) is 19.0. The lowest BCUT2D eigenvalue weighted by Gasteiger charge is -2.39. The molecule has 23 heavy (non-hydrogen) atoms. The molecule has 2 rings (SSSR count). The van der Waals surface area contributed by atoms with Crippen molar-refractivity contribution in [1.82, 2.24) is 9.80 Å². The fourth-order valence-electron chi connectivity index (χ4n) is 3.01. The van der Waals surface area contributed by atoms with Gasteiger partial charge in [-0.3, -0.25) is 14.5 Å². The van der Waals surface area contributed by atoms with Crippen molar-refractivity contribution >= 4 is 11.9 Å². The number of hydrogen-bond acceptors (Lipinski definition) is 5. The van der Waals surface area contributed by atoms with E-state index in [0.717, 1.165) is 30.8 Å². The van der Waals surface area contributed by atoms with Crippen LogP contribution in [0.25, 0.3) is 0 Å². The zero-order valence-electron chi connectivity index (χ0n) is 14.4. The van der Waals surface area contributed by atoms with Crippen LogP contribution in [0.5, 0.6) is 0 Å². The highest BCUT2D eigenvalue weighted by molar-refractivity contribution is 5.92. The first-order chi connectivity index (χ1) is 11.0. The van der Waals surface area contributed by atoms with Crippen molar-refractivity contribution < 1.29 is 18.7 Å². The van der Waals surface area contributed by atoms with E-state index in [1.54, 1.807) is 0 Å². The lowest BCUT2D eigenvalue weighted by atomic mass is 10.1. The van der Waals surface area contributed by atoms with Crippen LogP contribution >= 0.6 is 0 Å². The Morgan fingerprint density at radius 1 is 1.39 bits per heavy atom. The maximum atomic E-state index is 12.7. The summed E-state index contributed by atoms with van der Waals surface area (Å²) in [6, 6.07) is 1.92. The fourth-order valence-corrected chi connectivity index (χ4v) is 3.01. The van der Waals surface area contributed by atoms with Gasteiger partial charge in [-0.2, -0.15) is 0 Å². The molecule has 0 saturated carbocycles. The van der Waals surface area contributed by atoms with Crippen LogP contribution in [0.2, 0.25) is 0 Å². The number of carbonyl (C=O) groups is 2.